The average Bonchev–Trinajstić information content (AvgIpc) is 1.98. The van der Waals surface area contributed by atoms with E-state index in [-0.39, 0.29) is 6.54 Å². The first kappa shape index (κ1) is 9.84. The molecule has 0 saturated heterocycles. The number of carbonyl (C=O) groups is 2. The number of ketones is 1. The smallest absolute Gasteiger partial charge is 0.289 e. The van der Waals surface area contributed by atoms with Gasteiger partial charge in [-0.05, 0) is 6.92 Å². The van der Waals surface area contributed by atoms with E-state index in [1.807, 2.05) is 0 Å². The summed E-state index contributed by atoms with van der Waals surface area (Å²) in [7, 11) is 0. The first-order chi connectivity index (χ1) is 5.09. The van der Waals surface area contributed by atoms with Gasteiger partial charge in [0.15, 0.2) is 0 Å². The van der Waals surface area contributed by atoms with Gasteiger partial charge in [-0.1, -0.05) is 6.08 Å². The minimum Gasteiger partial charge on any atom is -0.346 e. The highest BCUT2D eigenvalue weighted by atomic mass is 16.2. The van der Waals surface area contributed by atoms with Crippen LogP contribution in [0.3, 0.4) is 0 Å². The molecule has 3 N–H and O–H groups in total. The Morgan fingerprint density at radius 2 is 2.27 bits per heavy atom. The number of hydrogen-bond acceptors (Lipinski definition) is 3. The van der Waals surface area contributed by atoms with Crippen LogP contribution in [-0.2, 0) is 9.59 Å². The third kappa shape index (κ3) is 3.52. The third-order valence-corrected chi connectivity index (χ3v) is 1.04. The zero-order chi connectivity index (χ0) is 8.85. The van der Waals surface area contributed by atoms with Crippen molar-refractivity contribution in [3.8, 4) is 0 Å². The van der Waals surface area contributed by atoms with Crippen molar-refractivity contribution < 1.29 is 9.59 Å². The van der Waals surface area contributed by atoms with Crippen molar-refractivity contribution in [1.29, 1.82) is 0 Å². The van der Waals surface area contributed by atoms with E-state index in [2.05, 4.69) is 11.9 Å². The summed E-state index contributed by atoms with van der Waals surface area (Å²) in [6.45, 7) is 5.14. The van der Waals surface area contributed by atoms with Crippen LogP contribution in [0, 0.1) is 0 Å². The van der Waals surface area contributed by atoms with Crippen LogP contribution < -0.4 is 11.1 Å². The Bertz CT molecular complexity index is 175. The molecule has 0 radical (unpaired) electrons. The van der Waals surface area contributed by atoms with E-state index in [4.69, 9.17) is 5.73 Å². The van der Waals surface area contributed by atoms with Gasteiger partial charge in [-0.2, -0.15) is 0 Å². The molecule has 0 saturated carbocycles. The van der Waals surface area contributed by atoms with Crippen molar-refractivity contribution >= 4 is 11.7 Å². The molecule has 1 atom stereocenters. The summed E-state index contributed by atoms with van der Waals surface area (Å²) in [5, 5.41) is 2.33. The third-order valence-electron chi connectivity index (χ3n) is 1.04. The van der Waals surface area contributed by atoms with Crippen LogP contribution >= 0.6 is 0 Å². The second-order valence-electron chi connectivity index (χ2n) is 2.15. The maximum absolute atomic E-state index is 10.8. The summed E-state index contributed by atoms with van der Waals surface area (Å²) in [5.74, 6) is -1.26. The first-order valence-corrected chi connectivity index (χ1v) is 3.28. The van der Waals surface area contributed by atoms with Crippen molar-refractivity contribution in [2.75, 3.05) is 6.54 Å². The van der Waals surface area contributed by atoms with Gasteiger partial charge in [0.2, 0.25) is 5.78 Å². The first-order valence-electron chi connectivity index (χ1n) is 3.28. The normalized spacial score (nSPS) is 11.8. The SMILES string of the molecule is C=CCNC(=O)C(=O)C(C)N. The molecule has 0 aliphatic heterocycles. The van der Waals surface area contributed by atoms with E-state index in [1.54, 1.807) is 0 Å². The minimum atomic E-state index is -0.736. The second kappa shape index (κ2) is 4.62. The maximum atomic E-state index is 10.8. The van der Waals surface area contributed by atoms with Gasteiger partial charge in [0, 0.05) is 6.54 Å². The minimum absolute atomic E-state index is 0.289. The fourth-order valence-electron chi connectivity index (χ4n) is 0.459. The average molecular weight is 156 g/mol. The van der Waals surface area contributed by atoms with Gasteiger partial charge >= 0.3 is 0 Å². The Hall–Kier alpha value is -1.16. The molecule has 0 fully saturated rings. The van der Waals surface area contributed by atoms with Crippen LogP contribution in [0.2, 0.25) is 0 Å². The molecule has 0 bridgehead atoms. The number of hydrogen-bond donors (Lipinski definition) is 2. The van der Waals surface area contributed by atoms with Gasteiger partial charge in [-0.25, -0.2) is 0 Å². The van der Waals surface area contributed by atoms with E-state index in [0.717, 1.165) is 0 Å². The molecular weight excluding hydrogens is 144 g/mol. The zero-order valence-electron chi connectivity index (χ0n) is 6.46. The number of Topliss-reactive ketones (excluding diaryl/α,β-unsaturated/α-hetero) is 1. The Kier molecular flexibility index (Phi) is 4.14. The van der Waals surface area contributed by atoms with E-state index in [1.165, 1.54) is 13.0 Å². The summed E-state index contributed by atoms with van der Waals surface area (Å²) in [5.41, 5.74) is 5.17. The van der Waals surface area contributed by atoms with E-state index >= 15 is 0 Å². The molecule has 0 rings (SSSR count). The lowest BCUT2D eigenvalue weighted by molar-refractivity contribution is -0.138. The molecule has 0 heterocycles. The van der Waals surface area contributed by atoms with Crippen molar-refractivity contribution in [3.63, 3.8) is 0 Å². The van der Waals surface area contributed by atoms with Crippen LogP contribution in [0.15, 0.2) is 12.7 Å². The van der Waals surface area contributed by atoms with Crippen LogP contribution in [0.4, 0.5) is 0 Å². The predicted octanol–water partition coefficient (Wildman–Crippen LogP) is -0.795. The lowest BCUT2D eigenvalue weighted by Crippen LogP contribution is -2.40. The molecule has 1 amide bonds. The lowest BCUT2D eigenvalue weighted by atomic mass is 10.2. The Labute approximate surface area is 65.5 Å². The molecular formula is C7H12N2O2. The maximum Gasteiger partial charge on any atom is 0.289 e. The van der Waals surface area contributed by atoms with Crippen molar-refractivity contribution in [3.05, 3.63) is 12.7 Å². The molecule has 4 heteroatoms. The molecule has 1 unspecified atom stereocenters. The summed E-state index contributed by atoms with van der Waals surface area (Å²) in [4.78, 5) is 21.5. The standard InChI is InChI=1S/C7H12N2O2/c1-3-4-9-7(11)6(10)5(2)8/h3,5H,1,4,8H2,2H3,(H,9,11). The zero-order valence-corrected chi connectivity index (χ0v) is 6.46. The Morgan fingerprint density at radius 3 is 2.64 bits per heavy atom. The highest BCUT2D eigenvalue weighted by Crippen LogP contribution is 1.79. The fraction of sp³-hybridized carbons (Fsp3) is 0.429. The largest absolute Gasteiger partial charge is 0.346 e. The highest BCUT2D eigenvalue weighted by Gasteiger charge is 2.16. The van der Waals surface area contributed by atoms with Gasteiger partial charge in [0.05, 0.1) is 6.04 Å². The van der Waals surface area contributed by atoms with Gasteiger partial charge in [0.1, 0.15) is 0 Å². The Morgan fingerprint density at radius 1 is 1.73 bits per heavy atom. The molecule has 62 valence electrons. The molecule has 11 heavy (non-hydrogen) atoms. The lowest BCUT2D eigenvalue weighted by Gasteiger charge is -2.02. The molecule has 0 aromatic heterocycles. The van der Waals surface area contributed by atoms with Gasteiger partial charge in [-0.15, -0.1) is 6.58 Å². The van der Waals surface area contributed by atoms with E-state index in [9.17, 15) is 9.59 Å². The molecule has 0 aliphatic rings. The number of rotatable bonds is 4. The van der Waals surface area contributed by atoms with Crippen LogP contribution in [0.25, 0.3) is 0 Å². The molecule has 0 aromatic rings. The predicted molar refractivity (Wildman–Crippen MR) is 41.9 cm³/mol. The van der Waals surface area contributed by atoms with Gasteiger partial charge in [-0.3, -0.25) is 9.59 Å². The van der Waals surface area contributed by atoms with E-state index < -0.39 is 17.7 Å². The molecule has 0 aromatic carbocycles. The number of amides is 1. The summed E-state index contributed by atoms with van der Waals surface area (Å²) in [6.07, 6.45) is 1.49. The second-order valence-corrected chi connectivity index (χ2v) is 2.15. The number of carbonyl (C=O) groups excluding carboxylic acids is 2. The highest BCUT2D eigenvalue weighted by molar-refractivity contribution is 6.38. The monoisotopic (exact) mass is 156 g/mol. The van der Waals surface area contributed by atoms with Crippen molar-refractivity contribution in [1.82, 2.24) is 5.32 Å². The Balaban J connectivity index is 3.83. The van der Waals surface area contributed by atoms with Crippen LogP contribution in [0.1, 0.15) is 6.92 Å². The van der Waals surface area contributed by atoms with Gasteiger partial charge < -0.3 is 11.1 Å². The fourth-order valence-corrected chi connectivity index (χ4v) is 0.459. The van der Waals surface area contributed by atoms with Crippen LogP contribution in [0.5, 0.6) is 0 Å². The topological polar surface area (TPSA) is 72.2 Å². The number of nitrogens with one attached hydrogen (secondary N) is 1. The summed E-state index contributed by atoms with van der Waals surface area (Å²) >= 11 is 0. The summed E-state index contributed by atoms with van der Waals surface area (Å²) < 4.78 is 0. The van der Waals surface area contributed by atoms with Gasteiger partial charge in [0.25, 0.3) is 5.91 Å². The number of nitrogens with two attached hydrogens (primary N) is 1. The summed E-state index contributed by atoms with van der Waals surface area (Å²) in [6, 6.07) is -0.736. The molecule has 4 nitrogen and oxygen atoms in total. The molecule has 0 aliphatic carbocycles. The quantitative estimate of drug-likeness (QED) is 0.413. The van der Waals surface area contributed by atoms with E-state index in [0.29, 0.717) is 0 Å². The van der Waals surface area contributed by atoms with Crippen LogP contribution in [-0.4, -0.2) is 24.3 Å². The molecule has 0 spiro atoms. The van der Waals surface area contributed by atoms with Crippen molar-refractivity contribution in [2.45, 2.75) is 13.0 Å². The van der Waals surface area contributed by atoms with Crippen molar-refractivity contribution in [2.24, 2.45) is 5.73 Å².